The zero-order chi connectivity index (χ0) is 25.0. The van der Waals surface area contributed by atoms with E-state index < -0.39 is 14.4 Å². The number of methoxy groups -OCH3 is 1. The lowest BCUT2D eigenvalue weighted by Crippen LogP contribution is -2.48. The minimum Gasteiger partial charge on any atom is -0.497 e. The van der Waals surface area contributed by atoms with Crippen molar-refractivity contribution in [2.24, 2.45) is 11.8 Å². The second-order valence-electron chi connectivity index (χ2n) is 10.5. The Kier molecular flexibility index (Phi) is 13.8. The van der Waals surface area contributed by atoms with E-state index in [1.807, 2.05) is 31.2 Å². The van der Waals surface area contributed by atoms with Crippen molar-refractivity contribution in [2.45, 2.75) is 97.1 Å². The molecule has 0 radical (unpaired) electrons. The molecule has 2 N–H and O–H groups in total. The molecule has 0 aromatic heterocycles. The number of hydrogen-bond donors (Lipinski definition) is 2. The lowest BCUT2D eigenvalue weighted by atomic mass is 9.90. The van der Waals surface area contributed by atoms with Gasteiger partial charge in [-0.15, -0.1) is 0 Å². The molecule has 6 heteroatoms. The number of benzene rings is 1. The van der Waals surface area contributed by atoms with E-state index >= 15 is 0 Å². The van der Waals surface area contributed by atoms with Crippen LogP contribution in [-0.4, -0.2) is 51.6 Å². The first-order valence-electron chi connectivity index (χ1n) is 12.7. The number of aliphatic hydroxyl groups excluding tert-OH is 2. The van der Waals surface area contributed by atoms with E-state index in [0.29, 0.717) is 49.3 Å². The first-order valence-corrected chi connectivity index (χ1v) is 14.9. The Morgan fingerprint density at radius 1 is 0.879 bits per heavy atom. The average Bonchev–Trinajstić information content (AvgIpc) is 2.76. The third kappa shape index (κ3) is 9.33. The summed E-state index contributed by atoms with van der Waals surface area (Å²) in [5.41, 5.74) is 2.76. The Labute approximate surface area is 204 Å². The van der Waals surface area contributed by atoms with Gasteiger partial charge in [0.1, 0.15) is 5.75 Å². The van der Waals surface area contributed by atoms with Crippen LogP contribution in [-0.2, 0) is 15.8 Å². The van der Waals surface area contributed by atoms with Gasteiger partial charge in [-0.05, 0) is 59.5 Å². The fraction of sp³-hybridized carbons (Fsp3) is 0.778. The molecule has 0 aliphatic heterocycles. The molecule has 0 unspecified atom stereocenters. The molecular weight excluding hydrogens is 432 g/mol. The summed E-state index contributed by atoms with van der Waals surface area (Å²) in [6.07, 6.45) is 1.77. The minimum atomic E-state index is -1.89. The van der Waals surface area contributed by atoms with E-state index in [0.717, 1.165) is 17.7 Å². The molecule has 1 aromatic carbocycles. The van der Waals surface area contributed by atoms with Crippen LogP contribution in [0, 0.1) is 11.8 Å². The Morgan fingerprint density at radius 2 is 1.45 bits per heavy atom. The predicted octanol–water partition coefficient (Wildman–Crippen LogP) is 6.18. The van der Waals surface area contributed by atoms with Gasteiger partial charge in [0.15, 0.2) is 8.32 Å². The highest BCUT2D eigenvalue weighted by atomic mass is 28.4. The van der Waals surface area contributed by atoms with Crippen molar-refractivity contribution in [1.29, 1.82) is 0 Å². The van der Waals surface area contributed by atoms with E-state index in [1.54, 1.807) is 7.11 Å². The number of rotatable bonds is 17. The molecule has 0 saturated heterocycles. The lowest BCUT2D eigenvalue weighted by Gasteiger charge is -2.42. The van der Waals surface area contributed by atoms with Gasteiger partial charge >= 0.3 is 0 Å². The van der Waals surface area contributed by atoms with Gasteiger partial charge in [-0.25, -0.2) is 0 Å². The zero-order valence-corrected chi connectivity index (χ0v) is 23.3. The maximum Gasteiger partial charge on any atom is 0.200 e. The second kappa shape index (κ2) is 15.2. The van der Waals surface area contributed by atoms with Gasteiger partial charge in [0.25, 0.3) is 0 Å². The summed E-state index contributed by atoms with van der Waals surface area (Å²) in [5, 5.41) is 20.4. The highest BCUT2D eigenvalue weighted by molar-refractivity contribution is 6.77. The summed E-state index contributed by atoms with van der Waals surface area (Å²) in [6, 6.07) is 7.83. The molecule has 0 spiro atoms. The Morgan fingerprint density at radius 3 is 1.94 bits per heavy atom. The Hall–Kier alpha value is -0.923. The standard InChI is InChI=1S/C27H50O5Si/c1-20(2)33(21(3)4,22(5)6)32-16-14-24(13-15-28)17-27(29)23(7)18-31-19-25-9-11-26(30-8)12-10-25/h9-12,20-24,27-29H,13-19H2,1-8H3/t23-,24-,27-/m1/s1. The van der Waals surface area contributed by atoms with Gasteiger partial charge < -0.3 is 24.1 Å². The molecule has 0 bridgehead atoms. The normalized spacial score (nSPS) is 15.3. The van der Waals surface area contributed by atoms with Crippen molar-refractivity contribution in [1.82, 2.24) is 0 Å². The van der Waals surface area contributed by atoms with Crippen LogP contribution in [0.1, 0.15) is 73.3 Å². The summed E-state index contributed by atoms with van der Waals surface area (Å²) in [5.74, 6) is 1.10. The van der Waals surface area contributed by atoms with Crippen molar-refractivity contribution in [3.63, 3.8) is 0 Å². The van der Waals surface area contributed by atoms with Crippen LogP contribution in [0.4, 0.5) is 0 Å². The molecule has 0 heterocycles. The monoisotopic (exact) mass is 482 g/mol. The van der Waals surface area contributed by atoms with E-state index in [-0.39, 0.29) is 18.4 Å². The van der Waals surface area contributed by atoms with Crippen molar-refractivity contribution in [2.75, 3.05) is 26.9 Å². The van der Waals surface area contributed by atoms with Crippen LogP contribution in [0.25, 0.3) is 0 Å². The maximum absolute atomic E-state index is 10.8. The fourth-order valence-electron chi connectivity index (χ4n) is 5.23. The van der Waals surface area contributed by atoms with Crippen molar-refractivity contribution >= 4 is 8.32 Å². The van der Waals surface area contributed by atoms with Crippen LogP contribution >= 0.6 is 0 Å². The van der Waals surface area contributed by atoms with Gasteiger partial charge in [0.05, 0.1) is 26.4 Å². The quantitative estimate of drug-likeness (QED) is 0.260. The SMILES string of the molecule is COc1ccc(COC[C@@H](C)[C@H](O)C[C@H](CCO)CCO[Si](C(C)C)(C(C)C)C(C)C)cc1. The van der Waals surface area contributed by atoms with Crippen LogP contribution in [0.2, 0.25) is 16.6 Å². The average molecular weight is 483 g/mol. The third-order valence-corrected chi connectivity index (χ3v) is 13.3. The van der Waals surface area contributed by atoms with Gasteiger partial charge in [-0.3, -0.25) is 0 Å². The number of hydrogen-bond acceptors (Lipinski definition) is 5. The topological polar surface area (TPSA) is 68.2 Å². The summed E-state index contributed by atoms with van der Waals surface area (Å²) in [4.78, 5) is 0. The van der Waals surface area contributed by atoms with Gasteiger partial charge in [-0.2, -0.15) is 0 Å². The number of aliphatic hydroxyl groups is 2. The molecule has 0 amide bonds. The minimum absolute atomic E-state index is 0.0285. The molecule has 0 aliphatic carbocycles. The van der Waals surface area contributed by atoms with Crippen molar-refractivity contribution in [3.05, 3.63) is 29.8 Å². The van der Waals surface area contributed by atoms with Gasteiger partial charge in [-0.1, -0.05) is 60.6 Å². The van der Waals surface area contributed by atoms with Crippen LogP contribution in [0.15, 0.2) is 24.3 Å². The van der Waals surface area contributed by atoms with Crippen LogP contribution in [0.3, 0.4) is 0 Å². The maximum atomic E-state index is 10.8. The summed E-state index contributed by atoms with van der Waals surface area (Å²) in [7, 11) is -0.233. The highest BCUT2D eigenvalue weighted by Gasteiger charge is 2.44. The van der Waals surface area contributed by atoms with E-state index in [4.69, 9.17) is 13.9 Å². The highest BCUT2D eigenvalue weighted by Crippen LogP contribution is 2.42. The smallest absolute Gasteiger partial charge is 0.200 e. The first kappa shape index (κ1) is 30.1. The summed E-state index contributed by atoms with van der Waals surface area (Å²) < 4.78 is 17.7. The van der Waals surface area contributed by atoms with E-state index in [1.165, 1.54) is 0 Å². The molecule has 3 atom stereocenters. The molecule has 192 valence electrons. The largest absolute Gasteiger partial charge is 0.497 e. The molecular formula is C27H50O5Si. The summed E-state index contributed by atoms with van der Waals surface area (Å²) >= 11 is 0. The molecule has 1 rings (SSSR count). The lowest BCUT2D eigenvalue weighted by molar-refractivity contribution is 0.0144. The molecule has 0 saturated carbocycles. The molecule has 0 aliphatic rings. The fourth-order valence-corrected chi connectivity index (χ4v) is 10.7. The zero-order valence-electron chi connectivity index (χ0n) is 22.3. The number of ether oxygens (including phenoxy) is 2. The van der Waals surface area contributed by atoms with Crippen molar-refractivity contribution < 1.29 is 24.1 Å². The van der Waals surface area contributed by atoms with Crippen molar-refractivity contribution in [3.8, 4) is 5.75 Å². The van der Waals surface area contributed by atoms with Crippen LogP contribution < -0.4 is 4.74 Å². The van der Waals surface area contributed by atoms with Gasteiger partial charge in [0.2, 0.25) is 0 Å². The van der Waals surface area contributed by atoms with E-state index in [2.05, 4.69) is 41.5 Å². The second-order valence-corrected chi connectivity index (χ2v) is 15.9. The van der Waals surface area contributed by atoms with Gasteiger partial charge in [0, 0.05) is 19.1 Å². The molecule has 5 nitrogen and oxygen atoms in total. The molecule has 1 aromatic rings. The Balaban J connectivity index is 2.54. The van der Waals surface area contributed by atoms with E-state index in [9.17, 15) is 10.2 Å². The predicted molar refractivity (Wildman–Crippen MR) is 139 cm³/mol. The first-order chi connectivity index (χ1) is 15.6. The molecule has 33 heavy (non-hydrogen) atoms. The van der Waals surface area contributed by atoms with Crippen LogP contribution in [0.5, 0.6) is 5.75 Å². The third-order valence-electron chi connectivity index (χ3n) is 7.16. The Bertz CT molecular complexity index is 610. The summed E-state index contributed by atoms with van der Waals surface area (Å²) in [6.45, 7) is 17.7. The molecule has 0 fully saturated rings.